The normalized spacial score (nSPS) is 13.0. The fourth-order valence-corrected chi connectivity index (χ4v) is 2.49. The van der Waals surface area contributed by atoms with Gasteiger partial charge < -0.3 is 15.6 Å². The van der Waals surface area contributed by atoms with E-state index in [0.29, 0.717) is 5.56 Å². The maximum Gasteiger partial charge on any atom is 0.336 e. The van der Waals surface area contributed by atoms with Crippen LogP contribution in [0.15, 0.2) is 17.0 Å². The molecule has 20 heavy (non-hydrogen) atoms. The van der Waals surface area contributed by atoms with Gasteiger partial charge >= 0.3 is 5.97 Å². The van der Waals surface area contributed by atoms with Gasteiger partial charge in [0, 0.05) is 12.2 Å². The standard InChI is InChI=1S/C11H15FN2O5S/c1-6-3-7(12)10(4-8(6)13)20(17,18)14-5-9(15)11(16)19-2/h3-4,9,14-15H,5,13H2,1-2H3. The van der Waals surface area contributed by atoms with Gasteiger partial charge in [0.25, 0.3) is 0 Å². The highest BCUT2D eigenvalue weighted by atomic mass is 32.2. The maximum absolute atomic E-state index is 13.6. The fourth-order valence-electron chi connectivity index (χ4n) is 1.36. The number of hydrogen-bond acceptors (Lipinski definition) is 6. The van der Waals surface area contributed by atoms with Gasteiger partial charge in [0.05, 0.1) is 7.11 Å². The molecule has 1 atom stereocenters. The number of aliphatic hydroxyl groups is 1. The van der Waals surface area contributed by atoms with E-state index in [1.54, 1.807) is 0 Å². The zero-order valence-electron chi connectivity index (χ0n) is 10.9. The van der Waals surface area contributed by atoms with Gasteiger partial charge in [-0.1, -0.05) is 0 Å². The third-order valence-electron chi connectivity index (χ3n) is 2.55. The van der Waals surface area contributed by atoms with E-state index >= 15 is 0 Å². The van der Waals surface area contributed by atoms with Crippen molar-refractivity contribution in [3.63, 3.8) is 0 Å². The minimum Gasteiger partial charge on any atom is -0.467 e. The van der Waals surface area contributed by atoms with E-state index in [2.05, 4.69) is 4.74 Å². The van der Waals surface area contributed by atoms with Gasteiger partial charge in [-0.25, -0.2) is 22.3 Å². The first-order valence-corrected chi connectivity index (χ1v) is 6.98. The summed E-state index contributed by atoms with van der Waals surface area (Å²) in [7, 11) is -3.20. The lowest BCUT2D eigenvalue weighted by molar-refractivity contribution is -0.149. The van der Waals surface area contributed by atoms with Crippen molar-refractivity contribution in [1.29, 1.82) is 0 Å². The Bertz CT molecular complexity index is 617. The van der Waals surface area contributed by atoms with E-state index in [1.807, 2.05) is 4.72 Å². The molecular formula is C11H15FN2O5S. The molecule has 1 aromatic rings. The third kappa shape index (κ3) is 3.65. The number of ether oxygens (including phenoxy) is 1. The third-order valence-corrected chi connectivity index (χ3v) is 3.99. The molecule has 1 unspecified atom stereocenters. The molecule has 9 heteroatoms. The SMILES string of the molecule is COC(=O)C(O)CNS(=O)(=O)c1cc(N)c(C)cc1F. The average molecular weight is 306 g/mol. The highest BCUT2D eigenvalue weighted by Gasteiger charge is 2.23. The fraction of sp³-hybridized carbons (Fsp3) is 0.364. The van der Waals surface area contributed by atoms with Gasteiger partial charge in [-0.05, 0) is 24.6 Å². The van der Waals surface area contributed by atoms with E-state index < -0.39 is 39.4 Å². The summed E-state index contributed by atoms with van der Waals surface area (Å²) in [6.07, 6.45) is -1.68. The van der Waals surface area contributed by atoms with Crippen LogP contribution in [0.5, 0.6) is 0 Å². The smallest absolute Gasteiger partial charge is 0.336 e. The number of nitrogens with two attached hydrogens (primary N) is 1. The number of rotatable bonds is 5. The first kappa shape index (κ1) is 16.3. The average Bonchev–Trinajstić information content (AvgIpc) is 2.39. The Morgan fingerprint density at radius 3 is 2.70 bits per heavy atom. The lowest BCUT2D eigenvalue weighted by atomic mass is 10.2. The van der Waals surface area contributed by atoms with Crippen LogP contribution in [0.3, 0.4) is 0 Å². The highest BCUT2D eigenvalue weighted by molar-refractivity contribution is 7.89. The van der Waals surface area contributed by atoms with Crippen molar-refractivity contribution in [3.8, 4) is 0 Å². The second-order valence-corrected chi connectivity index (χ2v) is 5.77. The summed E-state index contributed by atoms with van der Waals surface area (Å²) in [4.78, 5) is 10.3. The minimum absolute atomic E-state index is 0.111. The molecule has 0 heterocycles. The predicted molar refractivity (Wildman–Crippen MR) is 68.8 cm³/mol. The van der Waals surface area contributed by atoms with Crippen LogP contribution in [0, 0.1) is 12.7 Å². The molecule has 0 saturated heterocycles. The lowest BCUT2D eigenvalue weighted by Crippen LogP contribution is -2.37. The van der Waals surface area contributed by atoms with Gasteiger partial charge in [0.1, 0.15) is 10.7 Å². The quantitative estimate of drug-likeness (QED) is 0.500. The summed E-state index contributed by atoms with van der Waals surface area (Å²) < 4.78 is 43.5. The summed E-state index contributed by atoms with van der Waals surface area (Å²) in [5.74, 6) is -1.98. The van der Waals surface area contributed by atoms with Crippen LogP contribution < -0.4 is 10.5 Å². The topological polar surface area (TPSA) is 119 Å². The number of sulfonamides is 1. The van der Waals surface area contributed by atoms with E-state index in [1.165, 1.54) is 6.92 Å². The summed E-state index contributed by atoms with van der Waals surface area (Å²) in [6, 6.07) is 1.96. The molecule has 0 aliphatic rings. The lowest BCUT2D eigenvalue weighted by Gasteiger charge is -2.12. The summed E-state index contributed by atoms with van der Waals surface area (Å²) in [5.41, 5.74) is 6.04. The minimum atomic E-state index is -4.24. The van der Waals surface area contributed by atoms with E-state index in [9.17, 15) is 22.7 Å². The number of hydrogen-bond donors (Lipinski definition) is 3. The molecular weight excluding hydrogens is 291 g/mol. The molecule has 1 aromatic carbocycles. The number of nitrogens with one attached hydrogen (secondary N) is 1. The molecule has 0 spiro atoms. The van der Waals surface area contributed by atoms with Gasteiger partial charge in [-0.15, -0.1) is 0 Å². The monoisotopic (exact) mass is 306 g/mol. The van der Waals surface area contributed by atoms with Crippen LogP contribution in [-0.2, 0) is 19.6 Å². The van der Waals surface area contributed by atoms with E-state index in [-0.39, 0.29) is 5.69 Å². The molecule has 0 aliphatic heterocycles. The Hall–Kier alpha value is -1.71. The van der Waals surface area contributed by atoms with Crippen molar-refractivity contribution in [3.05, 3.63) is 23.5 Å². The number of methoxy groups -OCH3 is 1. The number of halogens is 1. The number of benzene rings is 1. The van der Waals surface area contributed by atoms with Crippen LogP contribution in [-0.4, -0.2) is 39.3 Å². The van der Waals surface area contributed by atoms with Crippen molar-refractivity contribution in [1.82, 2.24) is 4.72 Å². The second-order valence-electron chi connectivity index (χ2n) is 4.03. The van der Waals surface area contributed by atoms with Crippen molar-refractivity contribution in [2.75, 3.05) is 19.4 Å². The number of carbonyl (C=O) groups is 1. The Balaban J connectivity index is 2.95. The molecule has 112 valence electrons. The number of esters is 1. The molecule has 0 bridgehead atoms. The summed E-state index contributed by atoms with van der Waals surface area (Å²) in [5, 5.41) is 9.28. The first-order chi connectivity index (χ1) is 9.19. The van der Waals surface area contributed by atoms with Crippen molar-refractivity contribution >= 4 is 21.7 Å². The van der Waals surface area contributed by atoms with Crippen molar-refractivity contribution < 1.29 is 27.4 Å². The van der Waals surface area contributed by atoms with E-state index in [0.717, 1.165) is 19.2 Å². The number of aryl methyl sites for hydroxylation is 1. The van der Waals surface area contributed by atoms with Crippen LogP contribution in [0.25, 0.3) is 0 Å². The highest BCUT2D eigenvalue weighted by Crippen LogP contribution is 2.21. The summed E-state index contributed by atoms with van der Waals surface area (Å²) >= 11 is 0. The zero-order chi connectivity index (χ0) is 15.5. The molecule has 0 amide bonds. The molecule has 0 radical (unpaired) electrons. The van der Waals surface area contributed by atoms with Crippen molar-refractivity contribution in [2.45, 2.75) is 17.9 Å². The molecule has 1 rings (SSSR count). The summed E-state index contributed by atoms with van der Waals surface area (Å²) in [6.45, 7) is 0.894. The first-order valence-electron chi connectivity index (χ1n) is 5.50. The number of aliphatic hydroxyl groups excluding tert-OH is 1. The number of carbonyl (C=O) groups excluding carboxylic acids is 1. The Kier molecular flexibility index (Phi) is 5.03. The Morgan fingerprint density at radius 2 is 2.15 bits per heavy atom. The second kappa shape index (κ2) is 6.16. The zero-order valence-corrected chi connectivity index (χ0v) is 11.7. The van der Waals surface area contributed by atoms with Crippen molar-refractivity contribution in [2.24, 2.45) is 0 Å². The molecule has 7 nitrogen and oxygen atoms in total. The largest absolute Gasteiger partial charge is 0.467 e. The molecule has 0 aliphatic carbocycles. The molecule has 4 N–H and O–H groups in total. The molecule has 0 aromatic heterocycles. The van der Waals surface area contributed by atoms with Gasteiger partial charge in [-0.3, -0.25) is 0 Å². The van der Waals surface area contributed by atoms with Crippen LogP contribution in [0.1, 0.15) is 5.56 Å². The van der Waals surface area contributed by atoms with Gasteiger partial charge in [0.2, 0.25) is 10.0 Å². The van der Waals surface area contributed by atoms with Gasteiger partial charge in [-0.2, -0.15) is 0 Å². The number of nitrogen functional groups attached to an aromatic ring is 1. The predicted octanol–water partition coefficient (Wildman–Crippen LogP) is -0.471. The Morgan fingerprint density at radius 1 is 1.55 bits per heavy atom. The molecule has 0 fully saturated rings. The number of anilines is 1. The van der Waals surface area contributed by atoms with Crippen LogP contribution in [0.2, 0.25) is 0 Å². The van der Waals surface area contributed by atoms with E-state index in [4.69, 9.17) is 5.73 Å². The Labute approximate surface area is 115 Å². The van der Waals surface area contributed by atoms with Gasteiger partial charge in [0.15, 0.2) is 6.10 Å². The molecule has 0 saturated carbocycles. The van der Waals surface area contributed by atoms with Crippen LogP contribution in [0.4, 0.5) is 10.1 Å². The maximum atomic E-state index is 13.6. The van der Waals surface area contributed by atoms with Crippen LogP contribution >= 0.6 is 0 Å².